The van der Waals surface area contributed by atoms with Crippen LogP contribution >= 0.6 is 15.9 Å². The second-order valence-corrected chi connectivity index (χ2v) is 7.07. The first kappa shape index (κ1) is 15.4. The van der Waals surface area contributed by atoms with Gasteiger partial charge in [0.05, 0.1) is 22.1 Å². The average Bonchev–Trinajstić information content (AvgIpc) is 2.38. The van der Waals surface area contributed by atoms with Gasteiger partial charge in [0.15, 0.2) is 0 Å². The van der Waals surface area contributed by atoms with E-state index < -0.39 is 0 Å². The first-order chi connectivity index (χ1) is 9.37. The van der Waals surface area contributed by atoms with Gasteiger partial charge in [0.1, 0.15) is 0 Å². The van der Waals surface area contributed by atoms with E-state index in [4.69, 9.17) is 4.74 Å². The lowest BCUT2D eigenvalue weighted by Crippen LogP contribution is -2.26. The normalized spacial score (nSPS) is 18.9. The van der Waals surface area contributed by atoms with Crippen LogP contribution < -0.4 is 0 Å². The van der Waals surface area contributed by atoms with E-state index >= 15 is 0 Å². The number of halogens is 1. The van der Waals surface area contributed by atoms with Crippen molar-refractivity contribution in [3.63, 3.8) is 0 Å². The molecule has 0 bridgehead atoms. The molecule has 4 nitrogen and oxygen atoms in total. The monoisotopic (exact) mass is 341 g/mol. The number of hydrogen-bond acceptors (Lipinski definition) is 3. The highest BCUT2D eigenvalue weighted by Crippen LogP contribution is 2.36. The van der Waals surface area contributed by atoms with E-state index in [-0.39, 0.29) is 16.7 Å². The van der Waals surface area contributed by atoms with Crippen LogP contribution in [0.4, 0.5) is 5.69 Å². The first-order valence-corrected chi connectivity index (χ1v) is 7.71. The molecule has 1 aliphatic rings. The minimum Gasteiger partial charge on any atom is -0.374 e. The molecule has 0 radical (unpaired) electrons. The van der Waals surface area contributed by atoms with Crippen molar-refractivity contribution in [3.8, 4) is 0 Å². The Labute approximate surface area is 127 Å². The molecule has 5 heteroatoms. The van der Waals surface area contributed by atoms with Gasteiger partial charge in [0, 0.05) is 6.07 Å². The van der Waals surface area contributed by atoms with Gasteiger partial charge in [0.25, 0.3) is 5.69 Å². The van der Waals surface area contributed by atoms with Crippen molar-refractivity contribution in [3.05, 3.63) is 38.3 Å². The molecule has 0 aromatic heterocycles. The molecular formula is C15H20BrNO3. The molecule has 1 saturated carbocycles. The van der Waals surface area contributed by atoms with E-state index in [1.54, 1.807) is 12.1 Å². The summed E-state index contributed by atoms with van der Waals surface area (Å²) in [6, 6.07) is 5.15. The van der Waals surface area contributed by atoms with Crippen LogP contribution in [0.25, 0.3) is 0 Å². The minimum atomic E-state index is -0.378. The topological polar surface area (TPSA) is 52.4 Å². The van der Waals surface area contributed by atoms with Gasteiger partial charge in [-0.1, -0.05) is 19.9 Å². The van der Waals surface area contributed by atoms with Gasteiger partial charge in [-0.25, -0.2) is 0 Å². The van der Waals surface area contributed by atoms with Crippen LogP contribution in [0, 0.1) is 15.5 Å². The molecule has 0 spiro atoms. The fourth-order valence-corrected chi connectivity index (χ4v) is 2.93. The molecule has 0 saturated heterocycles. The Hall–Kier alpha value is -0.940. The standard InChI is InChI=1S/C15H20BrNO3/c1-15(2)7-5-12(6-8-15)20-10-11-3-4-13(16)14(9-11)17(18)19/h3-4,9,12H,5-8,10H2,1-2H3. The fraction of sp³-hybridized carbons (Fsp3) is 0.600. The van der Waals surface area contributed by atoms with Crippen molar-refractivity contribution in [2.45, 2.75) is 52.2 Å². The largest absolute Gasteiger partial charge is 0.374 e. The quantitative estimate of drug-likeness (QED) is 0.581. The summed E-state index contributed by atoms with van der Waals surface area (Å²) in [5.41, 5.74) is 1.37. The average molecular weight is 342 g/mol. The summed E-state index contributed by atoms with van der Waals surface area (Å²) in [6.07, 6.45) is 4.79. The minimum absolute atomic E-state index is 0.0934. The molecule has 0 heterocycles. The smallest absolute Gasteiger partial charge is 0.283 e. The van der Waals surface area contributed by atoms with Crippen LogP contribution in [0.1, 0.15) is 45.1 Å². The lowest BCUT2D eigenvalue weighted by molar-refractivity contribution is -0.385. The van der Waals surface area contributed by atoms with E-state index in [0.29, 0.717) is 16.5 Å². The maximum atomic E-state index is 10.9. The summed E-state index contributed by atoms with van der Waals surface area (Å²) in [7, 11) is 0. The maximum absolute atomic E-state index is 10.9. The molecule has 1 fully saturated rings. The van der Waals surface area contributed by atoms with Gasteiger partial charge in [0.2, 0.25) is 0 Å². The zero-order valence-corrected chi connectivity index (χ0v) is 13.5. The molecular weight excluding hydrogens is 322 g/mol. The van der Waals surface area contributed by atoms with Crippen molar-refractivity contribution in [2.24, 2.45) is 5.41 Å². The van der Waals surface area contributed by atoms with Crippen molar-refractivity contribution in [2.75, 3.05) is 0 Å². The summed E-state index contributed by atoms with van der Waals surface area (Å²) >= 11 is 3.19. The molecule has 0 amide bonds. The molecule has 20 heavy (non-hydrogen) atoms. The molecule has 0 atom stereocenters. The first-order valence-electron chi connectivity index (χ1n) is 6.92. The highest BCUT2D eigenvalue weighted by atomic mass is 79.9. The number of hydrogen-bond donors (Lipinski definition) is 0. The molecule has 2 rings (SSSR count). The third kappa shape index (κ3) is 4.03. The van der Waals surface area contributed by atoms with Crippen molar-refractivity contribution in [1.29, 1.82) is 0 Å². The van der Waals surface area contributed by atoms with Crippen LogP contribution in [0.15, 0.2) is 22.7 Å². The summed E-state index contributed by atoms with van der Waals surface area (Å²) in [6.45, 7) is 5.03. The SMILES string of the molecule is CC1(C)CCC(OCc2ccc(Br)c([N+](=O)[O-])c2)CC1. The van der Waals surface area contributed by atoms with Crippen LogP contribution in [0.5, 0.6) is 0 Å². The van der Waals surface area contributed by atoms with Gasteiger partial charge in [-0.15, -0.1) is 0 Å². The van der Waals surface area contributed by atoms with Gasteiger partial charge in [-0.05, 0) is 58.7 Å². The summed E-state index contributed by atoms with van der Waals surface area (Å²) in [5.74, 6) is 0. The summed E-state index contributed by atoms with van der Waals surface area (Å²) < 4.78 is 6.40. The number of nitro groups is 1. The molecule has 1 aromatic rings. The van der Waals surface area contributed by atoms with Crippen LogP contribution in [0.3, 0.4) is 0 Å². The predicted molar refractivity (Wildman–Crippen MR) is 81.6 cm³/mol. The highest BCUT2D eigenvalue weighted by molar-refractivity contribution is 9.10. The number of nitro benzene ring substituents is 1. The van der Waals surface area contributed by atoms with E-state index in [9.17, 15) is 10.1 Å². The third-order valence-electron chi connectivity index (χ3n) is 3.98. The maximum Gasteiger partial charge on any atom is 0.283 e. The molecule has 0 aliphatic heterocycles. The Bertz CT molecular complexity index is 492. The van der Waals surface area contributed by atoms with Crippen molar-refractivity contribution >= 4 is 21.6 Å². The van der Waals surface area contributed by atoms with E-state index in [2.05, 4.69) is 29.8 Å². The lowest BCUT2D eigenvalue weighted by atomic mass is 9.76. The van der Waals surface area contributed by atoms with E-state index in [1.165, 1.54) is 12.8 Å². The Kier molecular flexibility index (Phi) is 4.81. The number of benzene rings is 1. The second-order valence-electron chi connectivity index (χ2n) is 6.22. The van der Waals surface area contributed by atoms with Gasteiger partial charge in [-0.2, -0.15) is 0 Å². The lowest BCUT2D eigenvalue weighted by Gasteiger charge is -2.34. The Balaban J connectivity index is 1.92. The number of ether oxygens (including phenoxy) is 1. The number of rotatable bonds is 4. The van der Waals surface area contributed by atoms with Gasteiger partial charge in [-0.3, -0.25) is 10.1 Å². The van der Waals surface area contributed by atoms with Crippen molar-refractivity contribution < 1.29 is 9.66 Å². The third-order valence-corrected chi connectivity index (χ3v) is 4.65. The van der Waals surface area contributed by atoms with Crippen LogP contribution in [-0.2, 0) is 11.3 Å². The molecule has 110 valence electrons. The zero-order chi connectivity index (χ0) is 14.8. The van der Waals surface area contributed by atoms with Crippen molar-refractivity contribution in [1.82, 2.24) is 0 Å². The highest BCUT2D eigenvalue weighted by Gasteiger charge is 2.27. The Morgan fingerprint density at radius 1 is 1.40 bits per heavy atom. The predicted octanol–water partition coefficient (Wildman–Crippen LogP) is 4.84. The molecule has 0 unspecified atom stereocenters. The molecule has 0 N–H and O–H groups in total. The fourth-order valence-electron chi connectivity index (χ4n) is 2.54. The Morgan fingerprint density at radius 3 is 2.65 bits per heavy atom. The van der Waals surface area contributed by atoms with Crippen LogP contribution in [0.2, 0.25) is 0 Å². The molecule has 1 aliphatic carbocycles. The number of nitrogens with zero attached hydrogens (tertiary/aromatic N) is 1. The Morgan fingerprint density at radius 2 is 2.05 bits per heavy atom. The van der Waals surface area contributed by atoms with Crippen LogP contribution in [-0.4, -0.2) is 11.0 Å². The van der Waals surface area contributed by atoms with E-state index in [1.807, 2.05) is 6.07 Å². The summed E-state index contributed by atoms with van der Waals surface area (Å²) in [4.78, 5) is 10.5. The summed E-state index contributed by atoms with van der Waals surface area (Å²) in [5, 5.41) is 10.9. The molecule has 1 aromatic carbocycles. The zero-order valence-electron chi connectivity index (χ0n) is 11.9. The van der Waals surface area contributed by atoms with Gasteiger partial charge < -0.3 is 4.74 Å². The van der Waals surface area contributed by atoms with Gasteiger partial charge >= 0.3 is 0 Å². The second kappa shape index (κ2) is 6.22. The van der Waals surface area contributed by atoms with E-state index in [0.717, 1.165) is 18.4 Å².